The quantitative estimate of drug-likeness (QED) is 0.894. The van der Waals surface area contributed by atoms with Crippen molar-refractivity contribution < 1.29 is 9.53 Å². The number of ether oxygens (including phenoxy) is 1. The third-order valence-corrected chi connectivity index (χ3v) is 3.54. The molecule has 0 radical (unpaired) electrons. The van der Waals surface area contributed by atoms with E-state index in [-0.39, 0.29) is 24.4 Å². The number of amides is 1. The molecule has 2 N–H and O–H groups in total. The second-order valence-corrected chi connectivity index (χ2v) is 5.16. The van der Waals surface area contributed by atoms with Crippen molar-refractivity contribution in [2.45, 2.75) is 32.4 Å². The van der Waals surface area contributed by atoms with Crippen LogP contribution in [0.3, 0.4) is 0 Å². The lowest BCUT2D eigenvalue weighted by atomic mass is 9.95. The molecular weight excluding hydrogens is 276 g/mol. The van der Waals surface area contributed by atoms with Crippen molar-refractivity contribution in [3.05, 3.63) is 30.3 Å². The lowest BCUT2D eigenvalue weighted by molar-refractivity contribution is -0.128. The highest BCUT2D eigenvalue weighted by Gasteiger charge is 2.25. The van der Waals surface area contributed by atoms with E-state index in [2.05, 4.69) is 17.6 Å². The standard InChI is InChI=1S/C15H22N2O2.ClH/c1-11-10-16-9-8-14(11)17-15(18)12(2)19-13-6-4-3-5-7-13;/h3-7,11-12,14,16H,8-10H2,1-2H3,(H,17,18);1H. The molecule has 3 atom stereocenters. The maximum absolute atomic E-state index is 12.1. The zero-order valence-electron chi connectivity index (χ0n) is 12.0. The molecule has 4 nitrogen and oxygen atoms in total. The SMILES string of the molecule is CC(Oc1ccccc1)C(=O)NC1CCNCC1C.Cl. The van der Waals surface area contributed by atoms with Crippen LogP contribution >= 0.6 is 12.4 Å². The van der Waals surface area contributed by atoms with Gasteiger partial charge in [-0.15, -0.1) is 12.4 Å². The Hall–Kier alpha value is -1.26. The predicted molar refractivity (Wildman–Crippen MR) is 82.4 cm³/mol. The van der Waals surface area contributed by atoms with E-state index in [4.69, 9.17) is 4.74 Å². The zero-order chi connectivity index (χ0) is 13.7. The normalized spacial score (nSPS) is 23.3. The lowest BCUT2D eigenvalue weighted by Crippen LogP contribution is -2.51. The first-order chi connectivity index (χ1) is 9.16. The third kappa shape index (κ3) is 4.69. The molecule has 5 heteroatoms. The van der Waals surface area contributed by atoms with E-state index in [1.54, 1.807) is 6.92 Å². The molecule has 1 aromatic rings. The van der Waals surface area contributed by atoms with Gasteiger partial charge in [-0.05, 0) is 44.5 Å². The molecule has 20 heavy (non-hydrogen) atoms. The minimum Gasteiger partial charge on any atom is -0.481 e. The molecule has 1 amide bonds. The van der Waals surface area contributed by atoms with Crippen LogP contribution in [-0.2, 0) is 4.79 Å². The minimum atomic E-state index is -0.468. The Morgan fingerprint density at radius 3 is 2.75 bits per heavy atom. The van der Waals surface area contributed by atoms with Gasteiger partial charge in [-0.1, -0.05) is 25.1 Å². The maximum atomic E-state index is 12.1. The Morgan fingerprint density at radius 1 is 1.40 bits per heavy atom. The Kier molecular flexibility index (Phi) is 6.82. The van der Waals surface area contributed by atoms with Crippen LogP contribution in [0.25, 0.3) is 0 Å². The molecule has 1 fully saturated rings. The summed E-state index contributed by atoms with van der Waals surface area (Å²) >= 11 is 0. The molecule has 0 aromatic heterocycles. The number of hydrogen-bond acceptors (Lipinski definition) is 3. The van der Waals surface area contributed by atoms with E-state index in [1.165, 1.54) is 0 Å². The topological polar surface area (TPSA) is 50.4 Å². The highest BCUT2D eigenvalue weighted by atomic mass is 35.5. The Morgan fingerprint density at radius 2 is 2.10 bits per heavy atom. The monoisotopic (exact) mass is 298 g/mol. The summed E-state index contributed by atoms with van der Waals surface area (Å²) in [6, 6.07) is 9.68. The second kappa shape index (κ2) is 8.12. The highest BCUT2D eigenvalue weighted by molar-refractivity contribution is 5.85. The molecular formula is C15H23ClN2O2. The molecule has 1 aliphatic heterocycles. The van der Waals surface area contributed by atoms with Crippen molar-refractivity contribution in [1.29, 1.82) is 0 Å². The second-order valence-electron chi connectivity index (χ2n) is 5.16. The van der Waals surface area contributed by atoms with Crippen molar-refractivity contribution in [2.75, 3.05) is 13.1 Å². The van der Waals surface area contributed by atoms with Gasteiger partial charge >= 0.3 is 0 Å². The average Bonchev–Trinajstić information content (AvgIpc) is 2.42. The number of piperidine rings is 1. The predicted octanol–water partition coefficient (Wildman–Crippen LogP) is 1.99. The molecule has 2 rings (SSSR count). The Labute approximate surface area is 126 Å². The van der Waals surface area contributed by atoms with Crippen LogP contribution in [0.15, 0.2) is 30.3 Å². The largest absolute Gasteiger partial charge is 0.481 e. The van der Waals surface area contributed by atoms with Crippen LogP contribution in [-0.4, -0.2) is 31.1 Å². The third-order valence-electron chi connectivity index (χ3n) is 3.54. The molecule has 1 aliphatic rings. The van der Waals surface area contributed by atoms with Gasteiger partial charge in [0.05, 0.1) is 0 Å². The van der Waals surface area contributed by atoms with Gasteiger partial charge in [0.15, 0.2) is 6.10 Å². The van der Waals surface area contributed by atoms with Crippen molar-refractivity contribution in [2.24, 2.45) is 5.92 Å². The molecule has 1 saturated heterocycles. The molecule has 0 spiro atoms. The van der Waals surface area contributed by atoms with E-state index >= 15 is 0 Å². The number of carbonyl (C=O) groups is 1. The number of rotatable bonds is 4. The molecule has 1 aromatic carbocycles. The summed E-state index contributed by atoms with van der Waals surface area (Å²) in [5.41, 5.74) is 0. The van der Waals surface area contributed by atoms with Crippen LogP contribution in [0.4, 0.5) is 0 Å². The fourth-order valence-corrected chi connectivity index (χ4v) is 2.29. The number of nitrogens with one attached hydrogen (secondary N) is 2. The van der Waals surface area contributed by atoms with Gasteiger partial charge in [-0.3, -0.25) is 4.79 Å². The summed E-state index contributed by atoms with van der Waals surface area (Å²) in [4.78, 5) is 12.1. The average molecular weight is 299 g/mol. The van der Waals surface area contributed by atoms with E-state index in [1.807, 2.05) is 30.3 Å². The fraction of sp³-hybridized carbons (Fsp3) is 0.533. The lowest BCUT2D eigenvalue weighted by Gasteiger charge is -2.31. The highest BCUT2D eigenvalue weighted by Crippen LogP contribution is 2.13. The minimum absolute atomic E-state index is 0. The Balaban J connectivity index is 0.00000200. The van der Waals surface area contributed by atoms with Gasteiger partial charge in [0.25, 0.3) is 5.91 Å². The van der Waals surface area contributed by atoms with Gasteiger partial charge in [0.1, 0.15) is 5.75 Å². The van der Waals surface area contributed by atoms with E-state index in [0.29, 0.717) is 5.92 Å². The van der Waals surface area contributed by atoms with Gasteiger partial charge < -0.3 is 15.4 Å². The van der Waals surface area contributed by atoms with E-state index < -0.39 is 6.10 Å². The van der Waals surface area contributed by atoms with Gasteiger partial charge in [0, 0.05) is 6.04 Å². The van der Waals surface area contributed by atoms with E-state index in [0.717, 1.165) is 25.3 Å². The van der Waals surface area contributed by atoms with Crippen LogP contribution in [0, 0.1) is 5.92 Å². The van der Waals surface area contributed by atoms with Crippen molar-refractivity contribution >= 4 is 18.3 Å². The maximum Gasteiger partial charge on any atom is 0.261 e. The Bertz CT molecular complexity index is 414. The molecule has 0 bridgehead atoms. The fourth-order valence-electron chi connectivity index (χ4n) is 2.29. The van der Waals surface area contributed by atoms with Crippen molar-refractivity contribution in [1.82, 2.24) is 10.6 Å². The zero-order valence-corrected chi connectivity index (χ0v) is 12.8. The summed E-state index contributed by atoms with van der Waals surface area (Å²) in [5, 5.41) is 6.41. The number of halogens is 1. The summed E-state index contributed by atoms with van der Waals surface area (Å²) < 4.78 is 5.63. The number of benzene rings is 1. The summed E-state index contributed by atoms with van der Waals surface area (Å²) in [6.07, 6.45) is 0.509. The van der Waals surface area contributed by atoms with E-state index in [9.17, 15) is 4.79 Å². The first-order valence-electron chi connectivity index (χ1n) is 6.89. The van der Waals surface area contributed by atoms with Gasteiger partial charge in [0.2, 0.25) is 0 Å². The first-order valence-corrected chi connectivity index (χ1v) is 6.89. The summed E-state index contributed by atoms with van der Waals surface area (Å²) in [6.45, 7) is 5.86. The molecule has 0 saturated carbocycles. The molecule has 0 aliphatic carbocycles. The summed E-state index contributed by atoms with van der Waals surface area (Å²) in [5.74, 6) is 1.15. The number of para-hydroxylation sites is 1. The number of carbonyl (C=O) groups excluding carboxylic acids is 1. The summed E-state index contributed by atoms with van der Waals surface area (Å²) in [7, 11) is 0. The van der Waals surface area contributed by atoms with Gasteiger partial charge in [-0.25, -0.2) is 0 Å². The van der Waals surface area contributed by atoms with Crippen LogP contribution in [0.2, 0.25) is 0 Å². The smallest absolute Gasteiger partial charge is 0.261 e. The first kappa shape index (κ1) is 16.8. The van der Waals surface area contributed by atoms with Crippen molar-refractivity contribution in [3.8, 4) is 5.75 Å². The molecule has 1 heterocycles. The van der Waals surface area contributed by atoms with Gasteiger partial charge in [-0.2, -0.15) is 0 Å². The van der Waals surface area contributed by atoms with Crippen molar-refractivity contribution in [3.63, 3.8) is 0 Å². The van der Waals surface area contributed by atoms with Crippen LogP contribution < -0.4 is 15.4 Å². The number of hydrogen-bond donors (Lipinski definition) is 2. The van der Waals surface area contributed by atoms with Crippen LogP contribution in [0.1, 0.15) is 20.3 Å². The molecule has 3 unspecified atom stereocenters. The van der Waals surface area contributed by atoms with Crippen LogP contribution in [0.5, 0.6) is 5.75 Å². The molecule has 112 valence electrons.